The van der Waals surface area contributed by atoms with Gasteiger partial charge in [-0.1, -0.05) is 12.1 Å². The Bertz CT molecular complexity index is 312. The molecule has 0 unspecified atom stereocenters. The fraction of sp³-hybridized carbons (Fsp3) is 0.273. The molecular weight excluding hydrogens is 160 g/mol. The smallest absolute Gasteiger partial charge is 0.0597 e. The molecule has 1 rings (SSSR count). The molecule has 0 aromatic heterocycles. The number of anilines is 2. The number of hydrogen-bond donors (Lipinski definition) is 1. The summed E-state index contributed by atoms with van der Waals surface area (Å²) in [4.78, 5) is 2.06. The molecule has 1 aromatic rings. The van der Waals surface area contributed by atoms with E-state index in [1.807, 2.05) is 31.3 Å². The molecule has 0 atom stereocenters. The van der Waals surface area contributed by atoms with E-state index in [4.69, 9.17) is 12.2 Å². The van der Waals surface area contributed by atoms with Crippen LogP contribution in [-0.4, -0.2) is 13.6 Å². The zero-order valence-corrected chi connectivity index (χ0v) is 7.83. The van der Waals surface area contributed by atoms with Gasteiger partial charge in [-0.05, 0) is 12.1 Å². The second kappa shape index (κ2) is 4.42. The van der Waals surface area contributed by atoms with E-state index < -0.39 is 0 Å². The largest absolute Gasteiger partial charge is 0.397 e. The molecule has 0 saturated heterocycles. The van der Waals surface area contributed by atoms with Crippen molar-refractivity contribution in [1.29, 1.82) is 0 Å². The lowest BCUT2D eigenvalue weighted by atomic mass is 10.2. The van der Waals surface area contributed by atoms with Gasteiger partial charge in [0, 0.05) is 20.0 Å². The van der Waals surface area contributed by atoms with Crippen LogP contribution in [0.15, 0.2) is 24.3 Å². The number of nitrogens with zero attached hydrogens (tertiary/aromatic N) is 1. The topological polar surface area (TPSA) is 29.3 Å². The Balaban J connectivity index is 2.72. The van der Waals surface area contributed by atoms with Gasteiger partial charge in [0.25, 0.3) is 0 Å². The van der Waals surface area contributed by atoms with E-state index in [1.165, 1.54) is 0 Å². The van der Waals surface area contributed by atoms with Gasteiger partial charge >= 0.3 is 0 Å². The molecule has 0 saturated carbocycles. The van der Waals surface area contributed by atoms with Crippen LogP contribution in [0.25, 0.3) is 0 Å². The fourth-order valence-corrected chi connectivity index (χ4v) is 1.19. The van der Waals surface area contributed by atoms with E-state index in [-0.39, 0.29) is 0 Å². The van der Waals surface area contributed by atoms with Crippen molar-refractivity contribution >= 4 is 11.4 Å². The molecule has 68 valence electrons. The second-order valence-electron chi connectivity index (χ2n) is 2.93. The van der Waals surface area contributed by atoms with E-state index in [2.05, 4.69) is 10.8 Å². The summed E-state index contributed by atoms with van der Waals surface area (Å²) in [6, 6.07) is 7.78. The Hall–Kier alpha value is -1.62. The summed E-state index contributed by atoms with van der Waals surface area (Å²) in [6.07, 6.45) is 5.93. The number of nitrogens with two attached hydrogens (primary N) is 1. The van der Waals surface area contributed by atoms with Crippen molar-refractivity contribution in [2.75, 3.05) is 24.2 Å². The predicted octanol–water partition coefficient (Wildman–Crippen LogP) is 1.73. The summed E-state index contributed by atoms with van der Waals surface area (Å²) in [5.74, 6) is 2.61. The maximum atomic E-state index is 5.80. The average Bonchev–Trinajstić information content (AvgIpc) is 2.15. The van der Waals surface area contributed by atoms with Gasteiger partial charge in [0.2, 0.25) is 0 Å². The first kappa shape index (κ1) is 9.47. The zero-order chi connectivity index (χ0) is 9.68. The molecule has 0 aliphatic heterocycles. The van der Waals surface area contributed by atoms with Crippen molar-refractivity contribution < 1.29 is 0 Å². The third kappa shape index (κ3) is 2.41. The lowest BCUT2D eigenvalue weighted by Crippen LogP contribution is -2.19. The average molecular weight is 174 g/mol. The van der Waals surface area contributed by atoms with Crippen molar-refractivity contribution in [3.63, 3.8) is 0 Å². The molecule has 0 bridgehead atoms. The Kier molecular flexibility index (Phi) is 3.22. The highest BCUT2D eigenvalue weighted by Crippen LogP contribution is 2.20. The van der Waals surface area contributed by atoms with Crippen LogP contribution in [0.5, 0.6) is 0 Å². The molecule has 0 spiro atoms. The van der Waals surface area contributed by atoms with Gasteiger partial charge in [-0.15, -0.1) is 12.3 Å². The van der Waals surface area contributed by atoms with Crippen LogP contribution in [0.4, 0.5) is 11.4 Å². The SMILES string of the molecule is C#CCCN(C)c1ccccc1N. The quantitative estimate of drug-likeness (QED) is 0.558. The lowest BCUT2D eigenvalue weighted by Gasteiger charge is -2.19. The molecule has 0 amide bonds. The van der Waals surface area contributed by atoms with Crippen LogP contribution in [-0.2, 0) is 0 Å². The molecule has 0 radical (unpaired) electrons. The van der Waals surface area contributed by atoms with E-state index in [0.29, 0.717) is 0 Å². The van der Waals surface area contributed by atoms with E-state index in [0.717, 1.165) is 24.3 Å². The third-order valence-electron chi connectivity index (χ3n) is 1.94. The molecule has 1 aromatic carbocycles. The maximum absolute atomic E-state index is 5.80. The highest BCUT2D eigenvalue weighted by atomic mass is 15.1. The van der Waals surface area contributed by atoms with E-state index >= 15 is 0 Å². The second-order valence-corrected chi connectivity index (χ2v) is 2.93. The van der Waals surface area contributed by atoms with Gasteiger partial charge in [-0.2, -0.15) is 0 Å². The summed E-state index contributed by atoms with van der Waals surface area (Å²) in [6.45, 7) is 0.838. The molecule has 0 fully saturated rings. The van der Waals surface area contributed by atoms with Crippen molar-refractivity contribution in [3.8, 4) is 12.3 Å². The summed E-state index contributed by atoms with van der Waals surface area (Å²) < 4.78 is 0. The number of rotatable bonds is 3. The van der Waals surface area contributed by atoms with Gasteiger partial charge in [0.1, 0.15) is 0 Å². The molecule has 0 heterocycles. The van der Waals surface area contributed by atoms with Crippen LogP contribution in [0.2, 0.25) is 0 Å². The number of nitrogen functional groups attached to an aromatic ring is 1. The first-order valence-electron chi connectivity index (χ1n) is 4.25. The van der Waals surface area contributed by atoms with E-state index in [1.54, 1.807) is 0 Å². The molecule has 2 heteroatoms. The first-order chi connectivity index (χ1) is 6.25. The Morgan fingerprint density at radius 2 is 2.15 bits per heavy atom. The Morgan fingerprint density at radius 3 is 2.77 bits per heavy atom. The van der Waals surface area contributed by atoms with Crippen molar-refractivity contribution in [3.05, 3.63) is 24.3 Å². The number of terminal acetylenes is 1. The summed E-state index contributed by atoms with van der Waals surface area (Å²) in [7, 11) is 1.99. The minimum atomic E-state index is 0.741. The van der Waals surface area contributed by atoms with Crippen molar-refractivity contribution in [2.24, 2.45) is 0 Å². The third-order valence-corrected chi connectivity index (χ3v) is 1.94. The fourth-order valence-electron chi connectivity index (χ4n) is 1.19. The monoisotopic (exact) mass is 174 g/mol. The lowest BCUT2D eigenvalue weighted by molar-refractivity contribution is 0.915. The molecule has 0 aliphatic rings. The van der Waals surface area contributed by atoms with Gasteiger partial charge in [-0.25, -0.2) is 0 Å². The summed E-state index contributed by atoms with van der Waals surface area (Å²) in [5.41, 5.74) is 7.63. The minimum absolute atomic E-state index is 0.741. The standard InChI is InChI=1S/C11H14N2/c1-3-4-9-13(2)11-8-6-5-7-10(11)12/h1,5-8H,4,9,12H2,2H3. The highest BCUT2D eigenvalue weighted by Gasteiger charge is 2.01. The van der Waals surface area contributed by atoms with Gasteiger partial charge < -0.3 is 10.6 Å². The van der Waals surface area contributed by atoms with Crippen LogP contribution < -0.4 is 10.6 Å². The van der Waals surface area contributed by atoms with Crippen LogP contribution in [0.1, 0.15) is 6.42 Å². The van der Waals surface area contributed by atoms with Gasteiger partial charge in [0.05, 0.1) is 11.4 Å². The minimum Gasteiger partial charge on any atom is -0.397 e. The Labute approximate surface area is 79.4 Å². The van der Waals surface area contributed by atoms with Crippen LogP contribution in [0.3, 0.4) is 0 Å². The zero-order valence-electron chi connectivity index (χ0n) is 7.83. The molecular formula is C11H14N2. The number of hydrogen-bond acceptors (Lipinski definition) is 2. The van der Waals surface area contributed by atoms with Gasteiger partial charge in [-0.3, -0.25) is 0 Å². The van der Waals surface area contributed by atoms with Crippen molar-refractivity contribution in [2.45, 2.75) is 6.42 Å². The molecule has 0 aliphatic carbocycles. The summed E-state index contributed by atoms with van der Waals surface area (Å²) >= 11 is 0. The highest BCUT2D eigenvalue weighted by molar-refractivity contribution is 5.66. The number of para-hydroxylation sites is 2. The van der Waals surface area contributed by atoms with Crippen LogP contribution >= 0.6 is 0 Å². The molecule has 2 N–H and O–H groups in total. The van der Waals surface area contributed by atoms with Crippen molar-refractivity contribution in [1.82, 2.24) is 0 Å². The normalized spacial score (nSPS) is 9.23. The van der Waals surface area contributed by atoms with Crippen LogP contribution in [0, 0.1) is 12.3 Å². The molecule has 13 heavy (non-hydrogen) atoms. The number of benzene rings is 1. The molecule has 2 nitrogen and oxygen atoms in total. The maximum Gasteiger partial charge on any atom is 0.0597 e. The van der Waals surface area contributed by atoms with Gasteiger partial charge in [0.15, 0.2) is 0 Å². The first-order valence-corrected chi connectivity index (χ1v) is 4.25. The van der Waals surface area contributed by atoms with E-state index in [9.17, 15) is 0 Å². The summed E-state index contributed by atoms with van der Waals surface area (Å²) in [5, 5.41) is 0. The predicted molar refractivity (Wildman–Crippen MR) is 57.6 cm³/mol. The Morgan fingerprint density at radius 1 is 1.46 bits per heavy atom.